The number of amides is 1. The van der Waals surface area contributed by atoms with Crippen molar-refractivity contribution in [3.05, 3.63) is 60.2 Å². The molecule has 3 heteroatoms. The van der Waals surface area contributed by atoms with Crippen LogP contribution < -0.4 is 5.32 Å². The van der Waals surface area contributed by atoms with Crippen LogP contribution in [0.2, 0.25) is 0 Å². The molecule has 1 atom stereocenters. The van der Waals surface area contributed by atoms with Crippen molar-refractivity contribution in [3.63, 3.8) is 0 Å². The predicted octanol–water partition coefficient (Wildman–Crippen LogP) is 3.11. The van der Waals surface area contributed by atoms with Crippen LogP contribution in [0.1, 0.15) is 18.4 Å². The van der Waals surface area contributed by atoms with Gasteiger partial charge in [0, 0.05) is 19.1 Å². The van der Waals surface area contributed by atoms with Crippen molar-refractivity contribution < 1.29 is 4.79 Å². The maximum absolute atomic E-state index is 12.5. The van der Waals surface area contributed by atoms with E-state index < -0.39 is 0 Å². The monoisotopic (exact) mass is 308 g/mol. The number of likely N-dealkylation sites (N-methyl/N-ethyl adjacent to an activating group) is 1. The molecule has 3 nitrogen and oxygen atoms in total. The number of benzene rings is 2. The van der Waals surface area contributed by atoms with Crippen molar-refractivity contribution in [2.45, 2.75) is 25.3 Å². The van der Waals surface area contributed by atoms with Crippen LogP contribution in [0.5, 0.6) is 0 Å². The molecule has 0 aromatic heterocycles. The topological polar surface area (TPSA) is 32.3 Å². The fourth-order valence-electron chi connectivity index (χ4n) is 3.17. The zero-order valence-electron chi connectivity index (χ0n) is 13.7. The zero-order chi connectivity index (χ0) is 16.1. The third-order valence-corrected chi connectivity index (χ3v) is 4.60. The first kappa shape index (κ1) is 15.8. The normalized spacial score (nSPS) is 18.0. The average molecular weight is 308 g/mol. The van der Waals surface area contributed by atoms with Gasteiger partial charge in [-0.05, 0) is 36.6 Å². The van der Waals surface area contributed by atoms with Gasteiger partial charge in [0.25, 0.3) is 0 Å². The molecule has 1 heterocycles. The van der Waals surface area contributed by atoms with Crippen molar-refractivity contribution in [1.82, 2.24) is 10.2 Å². The van der Waals surface area contributed by atoms with Crippen LogP contribution in [0.4, 0.5) is 0 Å². The lowest BCUT2D eigenvalue weighted by atomic mass is 10.0. The molecule has 23 heavy (non-hydrogen) atoms. The lowest BCUT2D eigenvalue weighted by Gasteiger charge is -2.32. The molecule has 0 saturated carbocycles. The Morgan fingerprint density at radius 3 is 2.48 bits per heavy atom. The fourth-order valence-corrected chi connectivity index (χ4v) is 3.17. The second-order valence-corrected chi connectivity index (χ2v) is 6.21. The Kier molecular flexibility index (Phi) is 5.09. The number of likely N-dealkylation sites (tertiary alicyclic amines) is 1. The molecule has 0 bridgehead atoms. The van der Waals surface area contributed by atoms with Crippen LogP contribution in [0.15, 0.2) is 54.6 Å². The van der Waals surface area contributed by atoms with E-state index in [1.165, 1.54) is 11.1 Å². The van der Waals surface area contributed by atoms with Gasteiger partial charge in [-0.1, -0.05) is 54.6 Å². The number of nitrogens with zero attached hydrogens (tertiary/aromatic N) is 1. The third-order valence-electron chi connectivity index (χ3n) is 4.60. The van der Waals surface area contributed by atoms with Crippen LogP contribution in [0.3, 0.4) is 0 Å². The minimum atomic E-state index is 0.234. The van der Waals surface area contributed by atoms with Crippen molar-refractivity contribution in [2.75, 3.05) is 20.1 Å². The molecule has 1 N–H and O–H groups in total. The van der Waals surface area contributed by atoms with Gasteiger partial charge in [-0.25, -0.2) is 0 Å². The molecule has 1 amide bonds. The highest BCUT2D eigenvalue weighted by Gasteiger charge is 2.22. The summed E-state index contributed by atoms with van der Waals surface area (Å²) in [5.41, 5.74) is 3.48. The number of rotatable bonds is 4. The summed E-state index contributed by atoms with van der Waals surface area (Å²) in [6, 6.07) is 19.1. The second kappa shape index (κ2) is 7.42. The maximum atomic E-state index is 12.5. The Morgan fingerprint density at radius 2 is 1.78 bits per heavy atom. The molecular weight excluding hydrogens is 284 g/mol. The molecule has 0 radical (unpaired) electrons. The standard InChI is InChI=1S/C20H24N2O/c1-21-19-8-5-13-22(15-19)20(23)14-16-9-11-18(12-10-16)17-6-3-2-4-7-17/h2-4,6-7,9-12,19,21H,5,8,13-15H2,1H3. The second-order valence-electron chi connectivity index (χ2n) is 6.21. The van der Waals surface area contributed by atoms with Gasteiger partial charge in [0.1, 0.15) is 0 Å². The van der Waals surface area contributed by atoms with Crippen LogP contribution in [-0.2, 0) is 11.2 Å². The average Bonchev–Trinajstić information content (AvgIpc) is 2.63. The summed E-state index contributed by atoms with van der Waals surface area (Å²) in [5, 5.41) is 3.28. The molecule has 1 saturated heterocycles. The van der Waals surface area contributed by atoms with Gasteiger partial charge >= 0.3 is 0 Å². The van der Waals surface area contributed by atoms with E-state index in [-0.39, 0.29) is 5.91 Å². The number of nitrogens with one attached hydrogen (secondary N) is 1. The summed E-state index contributed by atoms with van der Waals surface area (Å²) in [7, 11) is 1.97. The molecule has 1 fully saturated rings. The van der Waals surface area contributed by atoms with Crippen molar-refractivity contribution in [2.24, 2.45) is 0 Å². The van der Waals surface area contributed by atoms with E-state index in [1.807, 2.05) is 30.1 Å². The van der Waals surface area contributed by atoms with Gasteiger partial charge in [-0.15, -0.1) is 0 Å². The molecule has 2 aromatic rings. The Bertz CT molecular complexity index is 636. The maximum Gasteiger partial charge on any atom is 0.227 e. The number of carbonyl (C=O) groups excluding carboxylic acids is 1. The number of piperidine rings is 1. The summed E-state index contributed by atoms with van der Waals surface area (Å²) in [6.07, 6.45) is 2.74. The molecule has 0 aliphatic carbocycles. The van der Waals surface area contributed by atoms with Gasteiger partial charge in [-0.2, -0.15) is 0 Å². The van der Waals surface area contributed by atoms with E-state index in [2.05, 4.69) is 41.7 Å². The van der Waals surface area contributed by atoms with Crippen LogP contribution >= 0.6 is 0 Å². The van der Waals surface area contributed by atoms with Crippen molar-refractivity contribution in [1.29, 1.82) is 0 Å². The largest absolute Gasteiger partial charge is 0.341 e. The van der Waals surface area contributed by atoms with Gasteiger partial charge in [0.05, 0.1) is 6.42 Å². The van der Waals surface area contributed by atoms with Crippen LogP contribution in [0.25, 0.3) is 11.1 Å². The molecule has 1 aliphatic heterocycles. The van der Waals surface area contributed by atoms with E-state index in [0.717, 1.165) is 31.5 Å². The minimum absolute atomic E-state index is 0.234. The highest BCUT2D eigenvalue weighted by Crippen LogP contribution is 2.20. The minimum Gasteiger partial charge on any atom is -0.341 e. The molecule has 2 aromatic carbocycles. The Labute approximate surface area is 138 Å². The summed E-state index contributed by atoms with van der Waals surface area (Å²) in [4.78, 5) is 14.5. The van der Waals surface area contributed by atoms with Gasteiger partial charge in [0.15, 0.2) is 0 Å². The van der Waals surface area contributed by atoms with E-state index in [0.29, 0.717) is 12.5 Å². The Morgan fingerprint density at radius 1 is 1.09 bits per heavy atom. The first-order chi connectivity index (χ1) is 11.3. The quantitative estimate of drug-likeness (QED) is 0.941. The lowest BCUT2D eigenvalue weighted by molar-refractivity contribution is -0.131. The van der Waals surface area contributed by atoms with E-state index >= 15 is 0 Å². The fraction of sp³-hybridized carbons (Fsp3) is 0.350. The first-order valence-electron chi connectivity index (χ1n) is 8.35. The third kappa shape index (κ3) is 3.99. The summed E-state index contributed by atoms with van der Waals surface area (Å²) in [6.45, 7) is 1.72. The lowest BCUT2D eigenvalue weighted by Crippen LogP contribution is -2.47. The summed E-state index contributed by atoms with van der Waals surface area (Å²) in [5.74, 6) is 0.234. The van der Waals surface area contributed by atoms with E-state index in [4.69, 9.17) is 0 Å². The first-order valence-corrected chi connectivity index (χ1v) is 8.35. The molecule has 0 spiro atoms. The molecule has 120 valence electrons. The molecular formula is C20H24N2O. The van der Waals surface area contributed by atoms with E-state index in [1.54, 1.807) is 0 Å². The van der Waals surface area contributed by atoms with Gasteiger partial charge in [-0.3, -0.25) is 4.79 Å². The van der Waals surface area contributed by atoms with Gasteiger partial charge < -0.3 is 10.2 Å². The number of hydrogen-bond donors (Lipinski definition) is 1. The van der Waals surface area contributed by atoms with Crippen molar-refractivity contribution >= 4 is 5.91 Å². The highest BCUT2D eigenvalue weighted by atomic mass is 16.2. The molecule has 1 aliphatic rings. The Balaban J connectivity index is 1.63. The van der Waals surface area contributed by atoms with Crippen molar-refractivity contribution in [3.8, 4) is 11.1 Å². The highest BCUT2D eigenvalue weighted by molar-refractivity contribution is 5.79. The molecule has 1 unspecified atom stereocenters. The summed E-state index contributed by atoms with van der Waals surface area (Å²) < 4.78 is 0. The molecule has 3 rings (SSSR count). The number of carbonyl (C=O) groups is 1. The summed E-state index contributed by atoms with van der Waals surface area (Å²) >= 11 is 0. The van der Waals surface area contributed by atoms with E-state index in [9.17, 15) is 4.79 Å². The Hall–Kier alpha value is -2.13. The predicted molar refractivity (Wildman–Crippen MR) is 94.2 cm³/mol. The smallest absolute Gasteiger partial charge is 0.227 e. The van der Waals surface area contributed by atoms with Crippen LogP contribution in [0, 0.1) is 0 Å². The number of hydrogen-bond acceptors (Lipinski definition) is 2. The van der Waals surface area contributed by atoms with Crippen LogP contribution in [-0.4, -0.2) is 37.0 Å². The SMILES string of the molecule is CNC1CCCN(C(=O)Cc2ccc(-c3ccccc3)cc2)C1. The zero-order valence-corrected chi connectivity index (χ0v) is 13.7. The van der Waals surface area contributed by atoms with Gasteiger partial charge in [0.2, 0.25) is 5.91 Å².